The van der Waals surface area contributed by atoms with Gasteiger partial charge in [-0.1, -0.05) is 31.5 Å². The minimum Gasteiger partial charge on any atom is -0.455 e. The molecule has 0 bridgehead atoms. The first-order chi connectivity index (χ1) is 21.4. The molecule has 0 radical (unpaired) electrons. The Morgan fingerprint density at radius 3 is 2.20 bits per heavy atom. The summed E-state index contributed by atoms with van der Waals surface area (Å²) in [5, 5.41) is 9.71. The van der Waals surface area contributed by atoms with Crippen LogP contribution >= 0.6 is 0 Å². The molecule has 0 unspecified atom stereocenters. The van der Waals surface area contributed by atoms with E-state index in [-0.39, 0.29) is 11.8 Å². The van der Waals surface area contributed by atoms with E-state index in [1.54, 1.807) is 63.2 Å². The van der Waals surface area contributed by atoms with E-state index in [2.05, 4.69) is 44.7 Å². The van der Waals surface area contributed by atoms with E-state index in [1.807, 2.05) is 43.3 Å². The normalized spacial score (nSPS) is 11.3. The van der Waals surface area contributed by atoms with Crippen molar-refractivity contribution in [1.82, 2.24) is 15.0 Å². The lowest BCUT2D eigenvalue weighted by atomic mass is 10.1. The number of benzene rings is 3. The second-order valence-electron chi connectivity index (χ2n) is 11.9. The maximum Gasteiger partial charge on any atom is 0.412 e. The molecule has 10 nitrogen and oxygen atoms in total. The van der Waals surface area contributed by atoms with Crippen molar-refractivity contribution in [2.24, 2.45) is 0 Å². The number of anilines is 4. The third-order valence-corrected chi connectivity index (χ3v) is 6.64. The summed E-state index contributed by atoms with van der Waals surface area (Å²) in [5.74, 6) is 1.45. The van der Waals surface area contributed by atoms with Crippen LogP contribution in [0.15, 0.2) is 85.2 Å². The van der Waals surface area contributed by atoms with Gasteiger partial charge in [0.25, 0.3) is 5.91 Å². The summed E-state index contributed by atoms with van der Waals surface area (Å²) < 4.78 is 11.6. The van der Waals surface area contributed by atoms with Crippen molar-refractivity contribution in [3.05, 3.63) is 102 Å². The number of aryl methyl sites for hydroxylation is 1. The van der Waals surface area contributed by atoms with Gasteiger partial charge in [0.15, 0.2) is 11.4 Å². The Hall–Kier alpha value is -5.51. The summed E-state index contributed by atoms with van der Waals surface area (Å²) >= 11 is 0. The van der Waals surface area contributed by atoms with E-state index in [0.717, 1.165) is 16.6 Å². The maximum absolute atomic E-state index is 13.2. The number of carbonyl (C=O) groups excluding carboxylic acids is 2. The zero-order valence-electron chi connectivity index (χ0n) is 26.1. The zero-order valence-corrected chi connectivity index (χ0v) is 26.1. The quantitative estimate of drug-likeness (QED) is 0.161. The molecule has 45 heavy (non-hydrogen) atoms. The van der Waals surface area contributed by atoms with E-state index in [4.69, 9.17) is 9.47 Å². The van der Waals surface area contributed by atoms with Crippen LogP contribution in [0.2, 0.25) is 0 Å². The molecular weight excluding hydrogens is 568 g/mol. The fourth-order valence-corrected chi connectivity index (χ4v) is 4.36. The van der Waals surface area contributed by atoms with Gasteiger partial charge in [-0.05, 0) is 100 Å². The van der Waals surface area contributed by atoms with E-state index < -0.39 is 11.7 Å². The van der Waals surface area contributed by atoms with Crippen LogP contribution in [-0.2, 0) is 4.74 Å². The van der Waals surface area contributed by atoms with Gasteiger partial charge in [0.1, 0.15) is 23.5 Å². The standard InChI is InChI=1S/C35H36N6O4/c1-21(2)28-17-16-27-31(40-28)36-20-37-32(27)41-29-19-23(33(42)38-24-10-7-22(3)8-11-24)9-18-30(29)44-26-14-12-25(13-15-26)39-34(43)45-35(4,5)6/h7-21H,1-6H3,(H,38,42)(H,39,43)(H,36,37,40,41). The van der Waals surface area contributed by atoms with Crippen molar-refractivity contribution in [2.45, 2.75) is 53.1 Å². The lowest BCUT2D eigenvalue weighted by Crippen LogP contribution is -2.27. The second kappa shape index (κ2) is 13.0. The lowest BCUT2D eigenvalue weighted by molar-refractivity contribution is 0.0635. The van der Waals surface area contributed by atoms with Gasteiger partial charge in [-0.3, -0.25) is 10.1 Å². The third kappa shape index (κ3) is 8.11. The Balaban J connectivity index is 1.44. The summed E-state index contributed by atoms with van der Waals surface area (Å²) in [4.78, 5) is 38.9. The monoisotopic (exact) mass is 604 g/mol. The average Bonchev–Trinajstić information content (AvgIpc) is 2.99. The largest absolute Gasteiger partial charge is 0.455 e. The number of hydrogen-bond donors (Lipinski definition) is 3. The maximum atomic E-state index is 13.2. The SMILES string of the molecule is Cc1ccc(NC(=O)c2ccc(Oc3ccc(NC(=O)OC(C)(C)C)cc3)c(Nc3ncnc4nc(C(C)C)ccc34)c2)cc1. The first-order valence-corrected chi connectivity index (χ1v) is 14.6. The van der Waals surface area contributed by atoms with E-state index in [9.17, 15) is 9.59 Å². The molecule has 0 aliphatic heterocycles. The van der Waals surface area contributed by atoms with E-state index in [0.29, 0.717) is 45.6 Å². The van der Waals surface area contributed by atoms with Crippen LogP contribution in [-0.4, -0.2) is 32.6 Å². The predicted molar refractivity (Wildman–Crippen MR) is 177 cm³/mol. The van der Waals surface area contributed by atoms with E-state index in [1.165, 1.54) is 6.33 Å². The number of hydrogen-bond acceptors (Lipinski definition) is 8. The third-order valence-electron chi connectivity index (χ3n) is 6.64. The summed E-state index contributed by atoms with van der Waals surface area (Å²) in [6, 6.07) is 23.5. The number of nitrogens with one attached hydrogen (secondary N) is 3. The first-order valence-electron chi connectivity index (χ1n) is 14.6. The minimum atomic E-state index is -0.610. The second-order valence-corrected chi connectivity index (χ2v) is 11.9. The number of fused-ring (bicyclic) bond motifs is 1. The molecule has 0 fully saturated rings. The van der Waals surface area contributed by atoms with Crippen LogP contribution in [0.1, 0.15) is 62.2 Å². The van der Waals surface area contributed by atoms with Crippen LogP contribution in [0.5, 0.6) is 11.5 Å². The van der Waals surface area contributed by atoms with Crippen molar-refractivity contribution in [3.63, 3.8) is 0 Å². The number of carbonyl (C=O) groups is 2. The van der Waals surface area contributed by atoms with Crippen LogP contribution in [0, 0.1) is 6.92 Å². The fourth-order valence-electron chi connectivity index (χ4n) is 4.36. The van der Waals surface area contributed by atoms with Crippen molar-refractivity contribution in [2.75, 3.05) is 16.0 Å². The molecule has 0 aliphatic carbocycles. The van der Waals surface area contributed by atoms with Gasteiger partial charge in [0.05, 0.1) is 11.1 Å². The van der Waals surface area contributed by atoms with Crippen LogP contribution in [0.25, 0.3) is 11.0 Å². The molecule has 0 atom stereocenters. The van der Waals surface area contributed by atoms with Gasteiger partial charge >= 0.3 is 6.09 Å². The number of amides is 2. The number of pyridine rings is 1. The van der Waals surface area contributed by atoms with Gasteiger partial charge in [-0.2, -0.15) is 0 Å². The van der Waals surface area contributed by atoms with Gasteiger partial charge in [-0.15, -0.1) is 0 Å². The molecule has 0 aliphatic rings. The summed E-state index contributed by atoms with van der Waals surface area (Å²) in [6.07, 6.45) is 0.904. The number of aromatic nitrogens is 3. The molecule has 10 heteroatoms. The van der Waals surface area contributed by atoms with Crippen molar-refractivity contribution >= 4 is 45.9 Å². The summed E-state index contributed by atoms with van der Waals surface area (Å²) in [7, 11) is 0. The fraction of sp³-hybridized carbons (Fsp3) is 0.229. The molecule has 5 rings (SSSR count). The smallest absolute Gasteiger partial charge is 0.412 e. The molecule has 230 valence electrons. The highest BCUT2D eigenvalue weighted by Gasteiger charge is 2.17. The average molecular weight is 605 g/mol. The van der Waals surface area contributed by atoms with E-state index >= 15 is 0 Å². The van der Waals surface area contributed by atoms with Crippen LogP contribution in [0.3, 0.4) is 0 Å². The molecule has 0 saturated carbocycles. The highest BCUT2D eigenvalue weighted by Crippen LogP contribution is 2.35. The summed E-state index contributed by atoms with van der Waals surface area (Å²) in [5.41, 5.74) is 4.14. The van der Waals surface area contributed by atoms with Crippen LogP contribution < -0.4 is 20.7 Å². The van der Waals surface area contributed by atoms with Gasteiger partial charge in [0.2, 0.25) is 0 Å². The Morgan fingerprint density at radius 1 is 0.822 bits per heavy atom. The van der Waals surface area contributed by atoms with Crippen molar-refractivity contribution < 1.29 is 19.1 Å². The predicted octanol–water partition coefficient (Wildman–Crippen LogP) is 8.59. The molecule has 2 aromatic heterocycles. The molecule has 2 heterocycles. The highest BCUT2D eigenvalue weighted by molar-refractivity contribution is 6.05. The van der Waals surface area contributed by atoms with Crippen LogP contribution in [0.4, 0.5) is 27.7 Å². The molecule has 2 amide bonds. The molecule has 0 spiro atoms. The Labute approximate surface area is 262 Å². The Kier molecular flexibility index (Phi) is 8.94. The number of nitrogens with zero attached hydrogens (tertiary/aromatic N) is 3. The summed E-state index contributed by atoms with van der Waals surface area (Å²) in [6.45, 7) is 11.5. The minimum absolute atomic E-state index is 0.246. The van der Waals surface area contributed by atoms with Gasteiger partial charge in [0, 0.05) is 22.6 Å². The molecule has 0 saturated heterocycles. The molecular formula is C35H36N6O4. The Bertz CT molecular complexity index is 1830. The van der Waals surface area contributed by atoms with Crippen molar-refractivity contribution in [3.8, 4) is 11.5 Å². The molecule has 3 N–H and O–H groups in total. The lowest BCUT2D eigenvalue weighted by Gasteiger charge is -2.19. The Morgan fingerprint density at radius 2 is 1.51 bits per heavy atom. The first kappa shape index (κ1) is 30.9. The van der Waals surface area contributed by atoms with Gasteiger partial charge < -0.3 is 20.1 Å². The topological polar surface area (TPSA) is 127 Å². The number of ether oxygens (including phenoxy) is 2. The number of rotatable bonds is 8. The zero-order chi connectivity index (χ0) is 32.1. The van der Waals surface area contributed by atoms with Crippen molar-refractivity contribution in [1.29, 1.82) is 0 Å². The molecule has 3 aromatic carbocycles. The highest BCUT2D eigenvalue weighted by atomic mass is 16.6. The molecule has 5 aromatic rings. The van der Waals surface area contributed by atoms with Gasteiger partial charge in [-0.25, -0.2) is 19.7 Å².